The summed E-state index contributed by atoms with van der Waals surface area (Å²) in [4.78, 5) is 0. The Labute approximate surface area is 110 Å². The smallest absolute Gasteiger partial charge is 0.121 e. The predicted octanol–water partition coefficient (Wildman–Crippen LogP) is 3.44. The van der Waals surface area contributed by atoms with Gasteiger partial charge in [-0.3, -0.25) is 0 Å². The van der Waals surface area contributed by atoms with Crippen molar-refractivity contribution in [1.82, 2.24) is 5.32 Å². The van der Waals surface area contributed by atoms with E-state index in [0.29, 0.717) is 12.1 Å². The monoisotopic (exact) mass is 251 g/mol. The zero-order valence-corrected chi connectivity index (χ0v) is 11.7. The summed E-state index contributed by atoms with van der Waals surface area (Å²) in [6.45, 7) is 8.03. The summed E-state index contributed by atoms with van der Waals surface area (Å²) in [5.74, 6) is 2.85. The molecule has 0 saturated heterocycles. The Bertz CT molecular complexity index is 355. The summed E-state index contributed by atoms with van der Waals surface area (Å²) in [5.41, 5.74) is 0. The van der Waals surface area contributed by atoms with E-state index in [4.69, 9.17) is 9.15 Å². The summed E-state index contributed by atoms with van der Waals surface area (Å²) in [6, 6.07) is 4.50. The van der Waals surface area contributed by atoms with Crippen LogP contribution in [0.4, 0.5) is 0 Å². The Balaban J connectivity index is 1.84. The lowest BCUT2D eigenvalue weighted by Gasteiger charge is -2.36. The number of rotatable bonds is 7. The maximum Gasteiger partial charge on any atom is 0.121 e. The molecular weight excluding hydrogens is 226 g/mol. The van der Waals surface area contributed by atoms with Crippen LogP contribution < -0.4 is 5.32 Å². The van der Waals surface area contributed by atoms with Gasteiger partial charge in [-0.25, -0.2) is 0 Å². The van der Waals surface area contributed by atoms with Crippen LogP contribution >= 0.6 is 0 Å². The number of hydrogen-bond acceptors (Lipinski definition) is 3. The SMILES string of the molecule is CCNC(CC1CC(OCC)C1)c1ccc(C)o1. The highest BCUT2D eigenvalue weighted by Gasteiger charge is 2.32. The molecule has 1 N–H and O–H groups in total. The first-order valence-corrected chi connectivity index (χ1v) is 7.14. The molecule has 102 valence electrons. The van der Waals surface area contributed by atoms with Crippen LogP contribution in [0.25, 0.3) is 0 Å². The number of nitrogens with one attached hydrogen (secondary N) is 1. The molecule has 0 aliphatic heterocycles. The van der Waals surface area contributed by atoms with E-state index in [-0.39, 0.29) is 0 Å². The highest BCUT2D eigenvalue weighted by atomic mass is 16.5. The Morgan fingerprint density at radius 1 is 1.39 bits per heavy atom. The molecule has 0 radical (unpaired) electrons. The zero-order chi connectivity index (χ0) is 13.0. The number of hydrogen-bond donors (Lipinski definition) is 1. The third-order valence-electron chi connectivity index (χ3n) is 3.72. The van der Waals surface area contributed by atoms with E-state index in [1.807, 2.05) is 13.0 Å². The molecule has 0 spiro atoms. The second-order valence-electron chi connectivity index (χ2n) is 5.21. The standard InChI is InChI=1S/C15H25NO2/c1-4-16-14(15-7-6-11(3)18-15)10-12-8-13(9-12)17-5-2/h6-7,12-14,16H,4-5,8-10H2,1-3H3. The van der Waals surface area contributed by atoms with Crippen molar-refractivity contribution < 1.29 is 9.15 Å². The molecule has 3 nitrogen and oxygen atoms in total. The van der Waals surface area contributed by atoms with Crippen molar-refractivity contribution >= 4 is 0 Å². The van der Waals surface area contributed by atoms with Gasteiger partial charge in [-0.05, 0) is 57.7 Å². The van der Waals surface area contributed by atoms with E-state index in [0.717, 1.165) is 37.0 Å². The first kappa shape index (κ1) is 13.6. The number of furan rings is 1. The lowest BCUT2D eigenvalue weighted by atomic mass is 9.78. The van der Waals surface area contributed by atoms with E-state index >= 15 is 0 Å². The molecule has 1 aromatic rings. The first-order chi connectivity index (χ1) is 8.72. The van der Waals surface area contributed by atoms with Gasteiger partial charge >= 0.3 is 0 Å². The van der Waals surface area contributed by atoms with E-state index < -0.39 is 0 Å². The highest BCUT2D eigenvalue weighted by Crippen LogP contribution is 2.37. The van der Waals surface area contributed by atoms with Gasteiger partial charge in [0.1, 0.15) is 11.5 Å². The van der Waals surface area contributed by atoms with Crippen LogP contribution in [0, 0.1) is 12.8 Å². The molecule has 2 rings (SSSR count). The van der Waals surface area contributed by atoms with Crippen LogP contribution in [0.3, 0.4) is 0 Å². The zero-order valence-electron chi connectivity index (χ0n) is 11.7. The second-order valence-corrected chi connectivity index (χ2v) is 5.21. The number of aryl methyl sites for hydroxylation is 1. The average Bonchev–Trinajstić information content (AvgIpc) is 2.72. The van der Waals surface area contributed by atoms with Gasteiger partial charge in [-0.2, -0.15) is 0 Å². The van der Waals surface area contributed by atoms with Crippen LogP contribution in [0.2, 0.25) is 0 Å². The van der Waals surface area contributed by atoms with Crippen LogP contribution in [-0.2, 0) is 4.74 Å². The molecule has 1 fully saturated rings. The molecular formula is C15H25NO2. The fourth-order valence-electron chi connectivity index (χ4n) is 2.76. The lowest BCUT2D eigenvalue weighted by Crippen LogP contribution is -2.34. The van der Waals surface area contributed by atoms with Gasteiger partial charge in [0, 0.05) is 6.61 Å². The van der Waals surface area contributed by atoms with Crippen molar-refractivity contribution in [2.24, 2.45) is 5.92 Å². The molecule has 1 aromatic heterocycles. The molecule has 1 atom stereocenters. The molecule has 1 heterocycles. The van der Waals surface area contributed by atoms with Crippen molar-refractivity contribution in [2.45, 2.75) is 52.2 Å². The highest BCUT2D eigenvalue weighted by molar-refractivity contribution is 5.10. The van der Waals surface area contributed by atoms with E-state index in [9.17, 15) is 0 Å². The van der Waals surface area contributed by atoms with Gasteiger partial charge in [0.05, 0.1) is 12.1 Å². The summed E-state index contributed by atoms with van der Waals surface area (Å²) < 4.78 is 11.4. The van der Waals surface area contributed by atoms with Crippen LogP contribution in [0.1, 0.15) is 50.7 Å². The van der Waals surface area contributed by atoms with Gasteiger partial charge in [0.15, 0.2) is 0 Å². The normalized spacial score (nSPS) is 24.8. The lowest BCUT2D eigenvalue weighted by molar-refractivity contribution is -0.0296. The molecule has 0 aromatic carbocycles. The molecule has 0 amide bonds. The van der Waals surface area contributed by atoms with Crippen molar-refractivity contribution in [2.75, 3.05) is 13.2 Å². The molecule has 0 bridgehead atoms. The fourth-order valence-corrected chi connectivity index (χ4v) is 2.76. The molecule has 1 aliphatic carbocycles. The molecule has 1 unspecified atom stereocenters. The minimum Gasteiger partial charge on any atom is -0.465 e. The van der Waals surface area contributed by atoms with Gasteiger partial charge in [-0.15, -0.1) is 0 Å². The van der Waals surface area contributed by atoms with Crippen LogP contribution in [0.5, 0.6) is 0 Å². The summed E-state index contributed by atoms with van der Waals surface area (Å²) in [5, 5.41) is 3.52. The van der Waals surface area contributed by atoms with Crippen LogP contribution in [0.15, 0.2) is 16.5 Å². The third kappa shape index (κ3) is 3.36. The Kier molecular flexibility index (Phi) is 4.84. The van der Waals surface area contributed by atoms with Crippen molar-refractivity contribution in [1.29, 1.82) is 0 Å². The number of ether oxygens (including phenoxy) is 1. The van der Waals surface area contributed by atoms with Gasteiger partial charge in [0.2, 0.25) is 0 Å². The predicted molar refractivity (Wildman–Crippen MR) is 72.6 cm³/mol. The summed E-state index contributed by atoms with van der Waals surface area (Å²) >= 11 is 0. The minimum atomic E-state index is 0.358. The first-order valence-electron chi connectivity index (χ1n) is 7.14. The largest absolute Gasteiger partial charge is 0.465 e. The topological polar surface area (TPSA) is 34.4 Å². The second kappa shape index (κ2) is 6.39. The van der Waals surface area contributed by atoms with Gasteiger partial charge < -0.3 is 14.5 Å². The maximum absolute atomic E-state index is 5.75. The average molecular weight is 251 g/mol. The maximum atomic E-state index is 5.75. The van der Waals surface area contributed by atoms with E-state index in [1.165, 1.54) is 12.8 Å². The Morgan fingerprint density at radius 2 is 2.17 bits per heavy atom. The van der Waals surface area contributed by atoms with Crippen molar-refractivity contribution in [3.05, 3.63) is 23.7 Å². The van der Waals surface area contributed by atoms with E-state index in [2.05, 4.69) is 25.2 Å². The molecule has 1 aliphatic rings. The third-order valence-corrected chi connectivity index (χ3v) is 3.72. The summed E-state index contributed by atoms with van der Waals surface area (Å²) in [7, 11) is 0. The van der Waals surface area contributed by atoms with E-state index in [1.54, 1.807) is 0 Å². The van der Waals surface area contributed by atoms with Gasteiger partial charge in [0.25, 0.3) is 0 Å². The molecule has 3 heteroatoms. The molecule has 18 heavy (non-hydrogen) atoms. The van der Waals surface area contributed by atoms with Crippen molar-refractivity contribution in [3.63, 3.8) is 0 Å². The van der Waals surface area contributed by atoms with Crippen molar-refractivity contribution in [3.8, 4) is 0 Å². The summed E-state index contributed by atoms with van der Waals surface area (Å²) in [6.07, 6.45) is 4.07. The Morgan fingerprint density at radius 3 is 2.72 bits per heavy atom. The van der Waals surface area contributed by atoms with Crippen LogP contribution in [-0.4, -0.2) is 19.3 Å². The molecule has 1 saturated carbocycles. The fraction of sp³-hybridized carbons (Fsp3) is 0.733. The quantitative estimate of drug-likeness (QED) is 0.806. The Hall–Kier alpha value is -0.800. The minimum absolute atomic E-state index is 0.358. The van der Waals surface area contributed by atoms with Gasteiger partial charge in [-0.1, -0.05) is 6.92 Å².